The van der Waals surface area contributed by atoms with Gasteiger partial charge < -0.3 is 15.2 Å². The Balaban J connectivity index is 2.07. The Morgan fingerprint density at radius 1 is 1.23 bits per heavy atom. The Hall–Kier alpha value is -3.00. The third-order valence-corrected chi connectivity index (χ3v) is 3.07. The second kappa shape index (κ2) is 7.14. The van der Waals surface area contributed by atoms with E-state index in [0.29, 0.717) is 23.7 Å². The van der Waals surface area contributed by atoms with Gasteiger partial charge in [0.2, 0.25) is 5.91 Å². The molecule has 2 N–H and O–H groups in total. The maximum Gasteiger partial charge on any atom is 0.221 e. The maximum absolute atomic E-state index is 10.9. The molecule has 0 saturated carbocycles. The van der Waals surface area contributed by atoms with Crippen molar-refractivity contribution in [3.8, 4) is 17.6 Å². The number of carbonyl (C=O) groups excluding carboxylic acids is 1. The number of methoxy groups -OCH3 is 1. The van der Waals surface area contributed by atoms with Crippen molar-refractivity contribution in [2.75, 3.05) is 7.11 Å². The Kier molecular flexibility index (Phi) is 4.99. The van der Waals surface area contributed by atoms with E-state index >= 15 is 0 Å². The third kappa shape index (κ3) is 4.00. The van der Waals surface area contributed by atoms with Crippen molar-refractivity contribution in [1.82, 2.24) is 0 Å². The number of rotatable bonds is 6. The van der Waals surface area contributed by atoms with E-state index in [-0.39, 0.29) is 12.3 Å². The summed E-state index contributed by atoms with van der Waals surface area (Å²) in [6.07, 6.45) is 0.179. The first-order valence-electron chi connectivity index (χ1n) is 6.69. The minimum absolute atomic E-state index is 0.179. The molecular formula is C17H16N2O3. The second-order valence-electron chi connectivity index (χ2n) is 4.73. The second-order valence-corrected chi connectivity index (χ2v) is 4.73. The highest BCUT2D eigenvalue weighted by atomic mass is 16.5. The maximum atomic E-state index is 10.9. The third-order valence-electron chi connectivity index (χ3n) is 3.07. The zero-order valence-corrected chi connectivity index (χ0v) is 12.2. The number of nitriles is 1. The van der Waals surface area contributed by atoms with Gasteiger partial charge in [-0.25, -0.2) is 0 Å². The van der Waals surface area contributed by atoms with Gasteiger partial charge in [-0.15, -0.1) is 0 Å². The normalized spacial score (nSPS) is 9.82. The number of carbonyl (C=O) groups is 1. The Labute approximate surface area is 128 Å². The molecule has 0 radical (unpaired) electrons. The number of hydrogen-bond donors (Lipinski definition) is 1. The van der Waals surface area contributed by atoms with Gasteiger partial charge in [0.1, 0.15) is 24.2 Å². The van der Waals surface area contributed by atoms with Gasteiger partial charge in [-0.1, -0.05) is 18.2 Å². The number of benzene rings is 2. The summed E-state index contributed by atoms with van der Waals surface area (Å²) in [5.74, 6) is 0.800. The van der Waals surface area contributed by atoms with Gasteiger partial charge in [0.25, 0.3) is 0 Å². The molecule has 0 aromatic heterocycles. The molecule has 2 aromatic rings. The van der Waals surface area contributed by atoms with Crippen LogP contribution < -0.4 is 15.2 Å². The molecular weight excluding hydrogens is 280 g/mol. The summed E-state index contributed by atoms with van der Waals surface area (Å²) in [4.78, 5) is 10.9. The zero-order chi connectivity index (χ0) is 15.9. The average molecular weight is 296 g/mol. The van der Waals surface area contributed by atoms with E-state index < -0.39 is 0 Å². The quantitative estimate of drug-likeness (QED) is 0.885. The molecule has 2 aromatic carbocycles. The molecule has 22 heavy (non-hydrogen) atoms. The van der Waals surface area contributed by atoms with Crippen LogP contribution in [-0.4, -0.2) is 13.0 Å². The number of nitrogens with zero attached hydrogens (tertiary/aromatic N) is 1. The average Bonchev–Trinajstić information content (AvgIpc) is 2.52. The lowest BCUT2D eigenvalue weighted by Crippen LogP contribution is -2.13. The van der Waals surface area contributed by atoms with Gasteiger partial charge in [0.15, 0.2) is 0 Å². The van der Waals surface area contributed by atoms with E-state index in [0.717, 1.165) is 11.1 Å². The molecule has 0 spiro atoms. The summed E-state index contributed by atoms with van der Waals surface area (Å²) in [6.45, 7) is 0.318. The molecule has 0 aliphatic carbocycles. The molecule has 0 bridgehead atoms. The van der Waals surface area contributed by atoms with E-state index in [2.05, 4.69) is 6.07 Å². The Bertz CT molecular complexity index is 720. The fraction of sp³-hybridized carbons (Fsp3) is 0.176. The number of primary amides is 1. The minimum Gasteiger partial charge on any atom is -0.495 e. The monoisotopic (exact) mass is 296 g/mol. The molecule has 0 saturated heterocycles. The highest BCUT2D eigenvalue weighted by molar-refractivity contribution is 5.76. The van der Waals surface area contributed by atoms with Gasteiger partial charge in [0, 0.05) is 0 Å². The molecule has 0 aliphatic heterocycles. The van der Waals surface area contributed by atoms with Crippen LogP contribution >= 0.6 is 0 Å². The molecule has 0 heterocycles. The van der Waals surface area contributed by atoms with Crippen LogP contribution in [0.5, 0.6) is 11.5 Å². The zero-order valence-electron chi connectivity index (χ0n) is 12.2. The van der Waals surface area contributed by atoms with Crippen molar-refractivity contribution < 1.29 is 14.3 Å². The molecule has 0 fully saturated rings. The Morgan fingerprint density at radius 2 is 2.05 bits per heavy atom. The molecule has 112 valence electrons. The van der Waals surface area contributed by atoms with Gasteiger partial charge in [-0.05, 0) is 35.4 Å². The molecule has 0 atom stereocenters. The molecule has 0 unspecified atom stereocenters. The lowest BCUT2D eigenvalue weighted by atomic mass is 10.1. The van der Waals surface area contributed by atoms with Crippen molar-refractivity contribution in [3.05, 3.63) is 59.2 Å². The van der Waals surface area contributed by atoms with E-state index in [1.165, 1.54) is 7.11 Å². The highest BCUT2D eigenvalue weighted by Crippen LogP contribution is 2.20. The van der Waals surface area contributed by atoms with Crippen LogP contribution in [0.1, 0.15) is 16.7 Å². The van der Waals surface area contributed by atoms with E-state index in [4.69, 9.17) is 20.5 Å². The topological polar surface area (TPSA) is 85.3 Å². The predicted octanol–water partition coefficient (Wildman–Crippen LogP) is 2.17. The smallest absolute Gasteiger partial charge is 0.221 e. The van der Waals surface area contributed by atoms with Crippen LogP contribution in [-0.2, 0) is 17.8 Å². The minimum atomic E-state index is -0.383. The van der Waals surface area contributed by atoms with E-state index in [1.807, 2.05) is 18.2 Å². The fourth-order valence-corrected chi connectivity index (χ4v) is 2.05. The molecule has 5 heteroatoms. The molecule has 1 amide bonds. The number of nitrogens with two attached hydrogens (primary N) is 1. The first kappa shape index (κ1) is 15.4. The first-order valence-corrected chi connectivity index (χ1v) is 6.69. The molecule has 0 aliphatic rings. The van der Waals surface area contributed by atoms with Crippen molar-refractivity contribution >= 4 is 5.91 Å². The van der Waals surface area contributed by atoms with Gasteiger partial charge in [-0.2, -0.15) is 5.26 Å². The summed E-state index contributed by atoms with van der Waals surface area (Å²) in [6, 6.07) is 14.6. The van der Waals surface area contributed by atoms with Crippen molar-refractivity contribution in [2.45, 2.75) is 13.0 Å². The Morgan fingerprint density at radius 3 is 2.73 bits per heavy atom. The fourth-order valence-electron chi connectivity index (χ4n) is 2.05. The molecule has 2 rings (SSSR count). The van der Waals surface area contributed by atoms with Crippen molar-refractivity contribution in [1.29, 1.82) is 5.26 Å². The standard InChI is InChI=1S/C17H16N2O3/c1-21-16-6-5-13(7-14(16)10-18)11-22-15-4-2-3-12(8-15)9-17(19)20/h2-8H,9,11H2,1H3,(H2,19,20). The number of amides is 1. The van der Waals surface area contributed by atoms with Gasteiger partial charge in [-0.3, -0.25) is 4.79 Å². The van der Waals surface area contributed by atoms with Crippen LogP contribution in [0, 0.1) is 11.3 Å². The van der Waals surface area contributed by atoms with Crippen LogP contribution in [0.3, 0.4) is 0 Å². The van der Waals surface area contributed by atoms with Crippen LogP contribution in [0.25, 0.3) is 0 Å². The summed E-state index contributed by atoms with van der Waals surface area (Å²) < 4.78 is 10.8. The van der Waals surface area contributed by atoms with Crippen LogP contribution in [0.4, 0.5) is 0 Å². The first-order chi connectivity index (χ1) is 10.6. The largest absolute Gasteiger partial charge is 0.495 e. The summed E-state index contributed by atoms with van der Waals surface area (Å²) in [7, 11) is 1.52. The van der Waals surface area contributed by atoms with Gasteiger partial charge >= 0.3 is 0 Å². The van der Waals surface area contributed by atoms with E-state index in [9.17, 15) is 4.79 Å². The number of hydrogen-bond acceptors (Lipinski definition) is 4. The van der Waals surface area contributed by atoms with Crippen LogP contribution in [0.2, 0.25) is 0 Å². The SMILES string of the molecule is COc1ccc(COc2cccc(CC(N)=O)c2)cc1C#N. The summed E-state index contributed by atoms with van der Waals surface area (Å²) >= 11 is 0. The predicted molar refractivity (Wildman–Crippen MR) is 81.4 cm³/mol. The van der Waals surface area contributed by atoms with Crippen molar-refractivity contribution in [2.24, 2.45) is 5.73 Å². The van der Waals surface area contributed by atoms with Crippen LogP contribution in [0.15, 0.2) is 42.5 Å². The van der Waals surface area contributed by atoms with E-state index in [1.54, 1.807) is 24.3 Å². The lowest BCUT2D eigenvalue weighted by Gasteiger charge is -2.09. The number of ether oxygens (including phenoxy) is 2. The lowest BCUT2D eigenvalue weighted by molar-refractivity contribution is -0.117. The summed E-state index contributed by atoms with van der Waals surface area (Å²) in [5.41, 5.74) is 7.30. The molecule has 5 nitrogen and oxygen atoms in total. The van der Waals surface area contributed by atoms with Crippen molar-refractivity contribution in [3.63, 3.8) is 0 Å². The highest BCUT2D eigenvalue weighted by Gasteiger charge is 2.05. The summed E-state index contributed by atoms with van der Waals surface area (Å²) in [5, 5.41) is 9.06. The van der Waals surface area contributed by atoms with Gasteiger partial charge in [0.05, 0.1) is 19.1 Å².